The third-order valence-electron chi connectivity index (χ3n) is 2.24. The zero-order valence-corrected chi connectivity index (χ0v) is 11.7. The lowest BCUT2D eigenvalue weighted by Gasteiger charge is -2.10. The van der Waals surface area contributed by atoms with Crippen LogP contribution in [-0.4, -0.2) is 41.7 Å². The highest BCUT2D eigenvalue weighted by Crippen LogP contribution is 2.14. The van der Waals surface area contributed by atoms with Crippen LogP contribution < -0.4 is 5.32 Å². The molecule has 0 aliphatic rings. The molecular formula is C12H12F3NO4S. The summed E-state index contributed by atoms with van der Waals surface area (Å²) in [4.78, 5) is 23.0. The van der Waals surface area contributed by atoms with Gasteiger partial charge in [-0.25, -0.2) is 4.79 Å². The van der Waals surface area contributed by atoms with Gasteiger partial charge in [-0.2, -0.15) is 13.2 Å². The van der Waals surface area contributed by atoms with E-state index in [1.54, 1.807) is 11.4 Å². The minimum Gasteiger partial charge on any atom is -0.452 e. The second-order valence-electron chi connectivity index (χ2n) is 3.92. The Bertz CT molecular complexity index is 560. The Kier molecular flexibility index (Phi) is 5.89. The smallest absolute Gasteiger partial charge is 0.405 e. The molecule has 0 saturated heterocycles. The lowest BCUT2D eigenvalue weighted by molar-refractivity contribution is -0.140. The fraction of sp³-hybridized carbons (Fsp3) is 0.333. The van der Waals surface area contributed by atoms with E-state index in [0.717, 1.165) is 0 Å². The van der Waals surface area contributed by atoms with Crippen LogP contribution in [0.4, 0.5) is 13.2 Å². The minimum absolute atomic E-state index is 0.00181. The lowest BCUT2D eigenvalue weighted by Crippen LogP contribution is -2.36. The third-order valence-corrected chi connectivity index (χ3v) is 3.21. The van der Waals surface area contributed by atoms with Crippen LogP contribution in [0.5, 0.6) is 0 Å². The Morgan fingerprint density at radius 2 is 1.90 bits per heavy atom. The van der Waals surface area contributed by atoms with Gasteiger partial charge in [0, 0.05) is 6.26 Å². The van der Waals surface area contributed by atoms with Gasteiger partial charge >= 0.3 is 12.1 Å². The second-order valence-corrected chi connectivity index (χ2v) is 5.27. The number of carbonyl (C=O) groups excluding carboxylic acids is 2. The van der Waals surface area contributed by atoms with Crippen molar-refractivity contribution in [2.45, 2.75) is 11.1 Å². The van der Waals surface area contributed by atoms with E-state index in [4.69, 9.17) is 0 Å². The van der Waals surface area contributed by atoms with E-state index in [-0.39, 0.29) is 10.5 Å². The summed E-state index contributed by atoms with van der Waals surface area (Å²) in [5.41, 5.74) is 0.00181. The van der Waals surface area contributed by atoms with Crippen LogP contribution in [-0.2, 0) is 20.3 Å². The largest absolute Gasteiger partial charge is 0.452 e. The summed E-state index contributed by atoms with van der Waals surface area (Å²) in [5, 5.41) is 1.57. The molecule has 0 aliphatic heterocycles. The Balaban J connectivity index is 2.59. The van der Waals surface area contributed by atoms with Gasteiger partial charge in [-0.05, 0) is 12.1 Å². The fourth-order valence-corrected chi connectivity index (χ4v) is 2.08. The highest BCUT2D eigenvalue weighted by Gasteiger charge is 2.27. The van der Waals surface area contributed by atoms with Gasteiger partial charge < -0.3 is 10.1 Å². The number of hydrogen-bond donors (Lipinski definition) is 1. The van der Waals surface area contributed by atoms with Crippen LogP contribution in [0.25, 0.3) is 0 Å². The number of hydrogen-bond acceptors (Lipinski definition) is 4. The summed E-state index contributed by atoms with van der Waals surface area (Å²) in [6, 6.07) is 5.89. The van der Waals surface area contributed by atoms with Crippen LogP contribution in [0.3, 0.4) is 0 Å². The van der Waals surface area contributed by atoms with Gasteiger partial charge in [0.1, 0.15) is 6.54 Å². The van der Waals surface area contributed by atoms with E-state index in [1.165, 1.54) is 24.5 Å². The lowest BCUT2D eigenvalue weighted by atomic mass is 10.2. The van der Waals surface area contributed by atoms with Crippen molar-refractivity contribution in [1.82, 2.24) is 5.32 Å². The first-order valence-electron chi connectivity index (χ1n) is 5.64. The molecule has 0 heterocycles. The molecule has 0 saturated carbocycles. The van der Waals surface area contributed by atoms with Crippen molar-refractivity contribution in [3.05, 3.63) is 29.8 Å². The Morgan fingerprint density at radius 3 is 2.48 bits per heavy atom. The first-order valence-corrected chi connectivity index (χ1v) is 7.19. The number of nitrogens with one attached hydrogen (secondary N) is 1. The molecule has 1 atom stereocenters. The van der Waals surface area contributed by atoms with Crippen molar-refractivity contribution < 1.29 is 31.7 Å². The predicted molar refractivity (Wildman–Crippen MR) is 68.1 cm³/mol. The molecule has 1 aromatic rings. The van der Waals surface area contributed by atoms with E-state index >= 15 is 0 Å². The van der Waals surface area contributed by atoms with Crippen molar-refractivity contribution in [3.8, 4) is 0 Å². The number of alkyl halides is 3. The van der Waals surface area contributed by atoms with Crippen LogP contribution in [0.1, 0.15) is 10.4 Å². The van der Waals surface area contributed by atoms with E-state index in [0.29, 0.717) is 0 Å². The molecule has 1 N–H and O–H groups in total. The van der Waals surface area contributed by atoms with Gasteiger partial charge in [0.15, 0.2) is 6.61 Å². The Labute approximate surface area is 120 Å². The molecule has 1 aromatic carbocycles. The Hall–Kier alpha value is -1.90. The predicted octanol–water partition coefficient (Wildman–Crippen LogP) is 1.26. The molecule has 116 valence electrons. The summed E-state index contributed by atoms with van der Waals surface area (Å²) in [6.07, 6.45) is -3.17. The average molecular weight is 323 g/mol. The monoisotopic (exact) mass is 323 g/mol. The summed E-state index contributed by atoms with van der Waals surface area (Å²) >= 11 is 0. The molecule has 0 bridgehead atoms. The molecule has 0 spiro atoms. The standard InChI is InChI=1S/C12H12F3NO4S/c1-21(19)9-5-3-2-4-8(9)11(18)20-6-10(17)16-7-12(13,14)15/h2-5H,6-7H2,1H3,(H,16,17)/t21-/m0/s1. The van der Waals surface area contributed by atoms with Gasteiger partial charge in [0.25, 0.3) is 5.91 Å². The van der Waals surface area contributed by atoms with Gasteiger partial charge in [0.05, 0.1) is 21.3 Å². The van der Waals surface area contributed by atoms with Crippen LogP contribution in [0.2, 0.25) is 0 Å². The first kappa shape index (κ1) is 17.2. The minimum atomic E-state index is -4.54. The van der Waals surface area contributed by atoms with Gasteiger partial charge in [-0.1, -0.05) is 12.1 Å². The van der Waals surface area contributed by atoms with Gasteiger partial charge in [-0.3, -0.25) is 9.00 Å². The molecular weight excluding hydrogens is 311 g/mol. The quantitative estimate of drug-likeness (QED) is 0.828. The summed E-state index contributed by atoms with van der Waals surface area (Å²) in [7, 11) is -1.44. The Morgan fingerprint density at radius 1 is 1.29 bits per heavy atom. The molecule has 1 amide bonds. The van der Waals surface area contributed by atoms with Crippen LogP contribution in [0, 0.1) is 0 Å². The summed E-state index contributed by atoms with van der Waals surface area (Å²) in [5.74, 6) is -2.00. The van der Waals surface area contributed by atoms with E-state index < -0.39 is 42.0 Å². The molecule has 0 unspecified atom stereocenters. The molecule has 9 heteroatoms. The molecule has 21 heavy (non-hydrogen) atoms. The normalized spacial score (nSPS) is 12.6. The molecule has 0 aliphatic carbocycles. The maximum atomic E-state index is 11.9. The SMILES string of the molecule is C[S@](=O)c1ccccc1C(=O)OCC(=O)NCC(F)(F)F. The average Bonchev–Trinajstić information content (AvgIpc) is 2.41. The summed E-state index contributed by atoms with van der Waals surface area (Å²) in [6.45, 7) is -2.35. The highest BCUT2D eigenvalue weighted by molar-refractivity contribution is 7.84. The van der Waals surface area contributed by atoms with Crippen molar-refractivity contribution in [1.29, 1.82) is 0 Å². The van der Waals surface area contributed by atoms with Gasteiger partial charge in [0.2, 0.25) is 0 Å². The number of rotatable bonds is 5. The topological polar surface area (TPSA) is 72.5 Å². The molecule has 0 radical (unpaired) electrons. The molecule has 5 nitrogen and oxygen atoms in total. The molecule has 1 rings (SSSR count). The number of halogens is 3. The zero-order chi connectivity index (χ0) is 16.0. The van der Waals surface area contributed by atoms with Crippen molar-refractivity contribution in [3.63, 3.8) is 0 Å². The van der Waals surface area contributed by atoms with Crippen molar-refractivity contribution >= 4 is 22.7 Å². The highest BCUT2D eigenvalue weighted by atomic mass is 32.2. The van der Waals surface area contributed by atoms with E-state index in [9.17, 15) is 27.0 Å². The number of ether oxygens (including phenoxy) is 1. The summed E-state index contributed by atoms with van der Waals surface area (Å²) < 4.78 is 51.6. The zero-order valence-electron chi connectivity index (χ0n) is 10.9. The van der Waals surface area contributed by atoms with E-state index in [1.807, 2.05) is 0 Å². The van der Waals surface area contributed by atoms with Gasteiger partial charge in [-0.15, -0.1) is 0 Å². The number of esters is 1. The van der Waals surface area contributed by atoms with Crippen molar-refractivity contribution in [2.75, 3.05) is 19.4 Å². The van der Waals surface area contributed by atoms with Crippen LogP contribution in [0.15, 0.2) is 29.2 Å². The van der Waals surface area contributed by atoms with Crippen molar-refractivity contribution in [2.24, 2.45) is 0 Å². The molecule has 0 fully saturated rings. The van der Waals surface area contributed by atoms with Crippen LogP contribution >= 0.6 is 0 Å². The second kappa shape index (κ2) is 7.21. The number of amides is 1. The first-order chi connectivity index (χ1) is 9.70. The third kappa shape index (κ3) is 5.94. The number of benzene rings is 1. The maximum Gasteiger partial charge on any atom is 0.405 e. The number of carbonyl (C=O) groups is 2. The van der Waals surface area contributed by atoms with E-state index in [2.05, 4.69) is 4.74 Å². The fourth-order valence-electron chi connectivity index (χ4n) is 1.34. The molecule has 0 aromatic heterocycles. The maximum absolute atomic E-state index is 11.9.